The highest BCUT2D eigenvalue weighted by Gasteiger charge is 2.93. The van der Waals surface area contributed by atoms with E-state index in [1.54, 1.807) is 13.8 Å². The molecule has 1 aliphatic rings. The van der Waals surface area contributed by atoms with Crippen molar-refractivity contribution in [1.82, 2.24) is 0 Å². The molecule has 0 aromatic carbocycles. The second-order valence-corrected chi connectivity index (χ2v) is 4.79. The number of nitrogens with zero attached hydrogens (tertiary/aromatic N) is 2. The Labute approximate surface area is 111 Å². The van der Waals surface area contributed by atoms with Crippen LogP contribution in [-0.4, -0.2) is 25.2 Å². The topological polar surface area (TPSA) is 100 Å². The van der Waals surface area contributed by atoms with Crippen molar-refractivity contribution in [3.05, 3.63) is 0 Å². The van der Waals surface area contributed by atoms with Gasteiger partial charge in [-0.15, -0.1) is 0 Å². The molecule has 1 rings (SSSR count). The number of carbonyl (C=O) groups is 2. The third-order valence-electron chi connectivity index (χ3n) is 3.87. The second kappa shape index (κ2) is 4.55. The van der Waals surface area contributed by atoms with Crippen LogP contribution in [0.3, 0.4) is 0 Å². The SMILES string of the molecule is CCOC(=O)C1(C#N)C(C)(C)C1(C#N)C(=O)OCC. The first kappa shape index (κ1) is 15.0. The Balaban J connectivity index is 3.36. The molecule has 2 unspecified atom stereocenters. The summed E-state index contributed by atoms with van der Waals surface area (Å²) in [6, 6.07) is 3.62. The van der Waals surface area contributed by atoms with Gasteiger partial charge in [-0.3, -0.25) is 9.59 Å². The molecular weight excluding hydrogens is 248 g/mol. The fourth-order valence-electron chi connectivity index (χ4n) is 2.71. The lowest BCUT2D eigenvalue weighted by atomic mass is 9.95. The third kappa shape index (κ3) is 1.40. The van der Waals surface area contributed by atoms with E-state index in [1.165, 1.54) is 13.8 Å². The summed E-state index contributed by atoms with van der Waals surface area (Å²) in [7, 11) is 0. The molecule has 2 atom stereocenters. The first-order valence-electron chi connectivity index (χ1n) is 6.01. The quantitative estimate of drug-likeness (QED) is 0.706. The summed E-state index contributed by atoms with van der Waals surface area (Å²) in [6.07, 6.45) is 0. The molecule has 0 bridgehead atoms. The van der Waals surface area contributed by atoms with E-state index >= 15 is 0 Å². The molecule has 102 valence electrons. The normalized spacial score (nSPS) is 30.6. The molecule has 19 heavy (non-hydrogen) atoms. The van der Waals surface area contributed by atoms with Crippen molar-refractivity contribution in [2.45, 2.75) is 27.7 Å². The molecule has 0 N–H and O–H groups in total. The number of hydrogen-bond donors (Lipinski definition) is 0. The molecule has 6 nitrogen and oxygen atoms in total. The van der Waals surface area contributed by atoms with Crippen LogP contribution < -0.4 is 0 Å². The smallest absolute Gasteiger partial charge is 0.329 e. The Morgan fingerprint density at radius 3 is 1.47 bits per heavy atom. The third-order valence-corrected chi connectivity index (χ3v) is 3.87. The van der Waals surface area contributed by atoms with Gasteiger partial charge in [0.05, 0.1) is 25.4 Å². The van der Waals surface area contributed by atoms with Gasteiger partial charge in [-0.2, -0.15) is 10.5 Å². The highest BCUT2D eigenvalue weighted by Crippen LogP contribution is 2.78. The summed E-state index contributed by atoms with van der Waals surface area (Å²) < 4.78 is 9.72. The van der Waals surface area contributed by atoms with Crippen molar-refractivity contribution in [3.8, 4) is 12.1 Å². The van der Waals surface area contributed by atoms with Gasteiger partial charge in [0.15, 0.2) is 10.8 Å². The minimum absolute atomic E-state index is 0.0721. The molecule has 1 aliphatic carbocycles. The highest BCUT2D eigenvalue weighted by molar-refractivity contribution is 6.02. The summed E-state index contributed by atoms with van der Waals surface area (Å²) in [6.45, 7) is 6.37. The van der Waals surface area contributed by atoms with Gasteiger partial charge >= 0.3 is 11.9 Å². The summed E-state index contributed by atoms with van der Waals surface area (Å²) in [5, 5.41) is 18.7. The number of hydrogen-bond acceptors (Lipinski definition) is 6. The summed E-state index contributed by atoms with van der Waals surface area (Å²) >= 11 is 0. The average Bonchev–Trinajstić information content (AvgIpc) is 2.81. The van der Waals surface area contributed by atoms with Crippen molar-refractivity contribution >= 4 is 11.9 Å². The molecule has 0 aromatic heterocycles. The van der Waals surface area contributed by atoms with Gasteiger partial charge in [0.2, 0.25) is 0 Å². The number of rotatable bonds is 4. The lowest BCUT2D eigenvalue weighted by Gasteiger charge is -2.11. The molecule has 0 aliphatic heterocycles. The molecule has 1 saturated carbocycles. The fraction of sp³-hybridized carbons (Fsp3) is 0.692. The zero-order chi connectivity index (χ0) is 14.9. The van der Waals surface area contributed by atoms with Gasteiger partial charge in [0.25, 0.3) is 0 Å². The van der Waals surface area contributed by atoms with Crippen LogP contribution in [0.5, 0.6) is 0 Å². The standard InChI is InChI=1S/C13H16N2O4/c1-5-18-9(16)12(7-14)11(3,4)13(12,8-15)10(17)19-6-2/h5-6H2,1-4H3. The maximum absolute atomic E-state index is 12.1. The highest BCUT2D eigenvalue weighted by atomic mass is 16.5. The number of nitriles is 2. The Kier molecular flexibility index (Phi) is 3.58. The zero-order valence-corrected chi connectivity index (χ0v) is 11.4. The van der Waals surface area contributed by atoms with Crippen molar-refractivity contribution in [2.24, 2.45) is 16.2 Å². The maximum Gasteiger partial charge on any atom is 0.329 e. The van der Waals surface area contributed by atoms with Gasteiger partial charge in [-0.05, 0) is 13.8 Å². The molecular formula is C13H16N2O4. The summed E-state index contributed by atoms with van der Waals surface area (Å²) in [5.41, 5.74) is -4.77. The monoisotopic (exact) mass is 264 g/mol. The number of carbonyl (C=O) groups excluding carboxylic acids is 2. The van der Waals surface area contributed by atoms with E-state index in [4.69, 9.17) is 9.47 Å². The van der Waals surface area contributed by atoms with Crippen molar-refractivity contribution in [1.29, 1.82) is 10.5 Å². The van der Waals surface area contributed by atoms with E-state index < -0.39 is 28.2 Å². The Morgan fingerprint density at radius 2 is 1.26 bits per heavy atom. The molecule has 0 radical (unpaired) electrons. The fourth-order valence-corrected chi connectivity index (χ4v) is 2.71. The largest absolute Gasteiger partial charge is 0.465 e. The minimum Gasteiger partial charge on any atom is -0.465 e. The molecule has 1 fully saturated rings. The van der Waals surface area contributed by atoms with E-state index in [9.17, 15) is 20.1 Å². The first-order chi connectivity index (χ1) is 8.83. The van der Waals surface area contributed by atoms with E-state index in [2.05, 4.69) is 0 Å². The van der Waals surface area contributed by atoms with Crippen molar-refractivity contribution < 1.29 is 19.1 Å². The number of ether oxygens (including phenoxy) is 2. The van der Waals surface area contributed by atoms with Crippen molar-refractivity contribution in [2.75, 3.05) is 13.2 Å². The molecule has 0 heterocycles. The molecule has 0 spiro atoms. The average molecular weight is 264 g/mol. The van der Waals surface area contributed by atoms with E-state index in [0.29, 0.717) is 0 Å². The second-order valence-electron chi connectivity index (χ2n) is 4.79. The van der Waals surface area contributed by atoms with Gasteiger partial charge in [0.1, 0.15) is 0 Å². The van der Waals surface area contributed by atoms with Crippen LogP contribution in [0.4, 0.5) is 0 Å². The van der Waals surface area contributed by atoms with Crippen LogP contribution >= 0.6 is 0 Å². The Bertz CT molecular complexity index is 456. The molecule has 6 heteroatoms. The van der Waals surface area contributed by atoms with E-state index in [-0.39, 0.29) is 13.2 Å². The van der Waals surface area contributed by atoms with E-state index in [1.807, 2.05) is 12.1 Å². The van der Waals surface area contributed by atoms with Crippen LogP contribution in [0.2, 0.25) is 0 Å². The van der Waals surface area contributed by atoms with Crippen LogP contribution in [-0.2, 0) is 19.1 Å². The van der Waals surface area contributed by atoms with Gasteiger partial charge < -0.3 is 9.47 Å². The summed E-state index contributed by atoms with van der Waals surface area (Å²) in [5.74, 6) is -1.70. The summed E-state index contributed by atoms with van der Waals surface area (Å²) in [4.78, 5) is 24.1. The Hall–Kier alpha value is -2.08. The predicted molar refractivity (Wildman–Crippen MR) is 63.1 cm³/mol. The molecule has 0 amide bonds. The van der Waals surface area contributed by atoms with Gasteiger partial charge in [0, 0.05) is 5.41 Å². The first-order valence-corrected chi connectivity index (χ1v) is 6.01. The lowest BCUT2D eigenvalue weighted by molar-refractivity contribution is -0.155. The molecule has 0 saturated heterocycles. The lowest BCUT2D eigenvalue weighted by Crippen LogP contribution is -2.30. The Morgan fingerprint density at radius 1 is 0.947 bits per heavy atom. The molecule has 0 aromatic rings. The van der Waals surface area contributed by atoms with Gasteiger partial charge in [-0.25, -0.2) is 0 Å². The van der Waals surface area contributed by atoms with Crippen LogP contribution in [0.1, 0.15) is 27.7 Å². The minimum atomic E-state index is -1.81. The van der Waals surface area contributed by atoms with Crippen LogP contribution in [0, 0.1) is 38.9 Å². The van der Waals surface area contributed by atoms with E-state index in [0.717, 1.165) is 0 Å². The zero-order valence-electron chi connectivity index (χ0n) is 11.4. The maximum atomic E-state index is 12.1. The van der Waals surface area contributed by atoms with Crippen LogP contribution in [0.25, 0.3) is 0 Å². The predicted octanol–water partition coefficient (Wildman–Crippen LogP) is 1.17. The van der Waals surface area contributed by atoms with Gasteiger partial charge in [-0.1, -0.05) is 13.8 Å². The van der Waals surface area contributed by atoms with Crippen LogP contribution in [0.15, 0.2) is 0 Å². The number of esters is 2. The van der Waals surface area contributed by atoms with Crippen molar-refractivity contribution in [3.63, 3.8) is 0 Å².